The molecule has 0 aliphatic carbocycles. The third-order valence-corrected chi connectivity index (χ3v) is 2.86. The van der Waals surface area contributed by atoms with Crippen LogP contribution in [-0.2, 0) is 0 Å². The number of ketones is 1. The molecule has 0 spiro atoms. The minimum atomic E-state index is -0.435. The topological polar surface area (TPSA) is 59.3 Å². The van der Waals surface area contributed by atoms with E-state index in [1.165, 1.54) is 6.92 Å². The van der Waals surface area contributed by atoms with Crippen LogP contribution in [0.4, 0.5) is 0 Å². The summed E-state index contributed by atoms with van der Waals surface area (Å²) in [5, 5.41) is 8.94. The number of nitriles is 1. The van der Waals surface area contributed by atoms with Crippen LogP contribution in [0.1, 0.15) is 37.6 Å². The number of carbonyl (C=O) groups is 1. The molecule has 0 fully saturated rings. The Kier molecular flexibility index (Phi) is 4.94. The van der Waals surface area contributed by atoms with Crippen molar-refractivity contribution in [1.29, 1.82) is 5.26 Å². The molecule has 0 amide bonds. The van der Waals surface area contributed by atoms with Gasteiger partial charge in [0, 0.05) is 6.07 Å². The van der Waals surface area contributed by atoms with E-state index < -0.39 is 5.41 Å². The van der Waals surface area contributed by atoms with E-state index in [-0.39, 0.29) is 5.78 Å². The van der Waals surface area contributed by atoms with Gasteiger partial charge in [0.1, 0.15) is 11.5 Å². The summed E-state index contributed by atoms with van der Waals surface area (Å²) < 4.78 is 10.7. The van der Waals surface area contributed by atoms with Gasteiger partial charge in [0.25, 0.3) is 0 Å². The predicted octanol–water partition coefficient (Wildman–Crippen LogP) is 3.22. The Labute approximate surface area is 113 Å². The van der Waals surface area contributed by atoms with E-state index in [1.807, 2.05) is 13.8 Å². The van der Waals surface area contributed by atoms with Crippen LogP contribution in [0.3, 0.4) is 0 Å². The van der Waals surface area contributed by atoms with Crippen molar-refractivity contribution in [2.45, 2.75) is 27.2 Å². The number of nitrogens with zero attached hydrogens (tertiary/aromatic N) is 1. The first kappa shape index (κ1) is 15.0. The summed E-state index contributed by atoms with van der Waals surface area (Å²) in [5.74, 6) is 1.08. The molecule has 0 saturated carbocycles. The summed E-state index contributed by atoms with van der Waals surface area (Å²) in [5.41, 5.74) is 0.0884. The van der Waals surface area contributed by atoms with Crippen LogP contribution in [0.15, 0.2) is 18.2 Å². The highest BCUT2D eigenvalue weighted by Crippen LogP contribution is 2.26. The molecular formula is C15H19NO3. The lowest BCUT2D eigenvalue weighted by Gasteiger charge is -2.16. The highest BCUT2D eigenvalue weighted by Gasteiger charge is 2.17. The monoisotopic (exact) mass is 261 g/mol. The maximum absolute atomic E-state index is 11.5. The van der Waals surface area contributed by atoms with Crippen LogP contribution >= 0.6 is 0 Å². The van der Waals surface area contributed by atoms with Gasteiger partial charge in [0.2, 0.25) is 0 Å². The van der Waals surface area contributed by atoms with E-state index in [9.17, 15) is 4.79 Å². The van der Waals surface area contributed by atoms with Crippen molar-refractivity contribution in [2.24, 2.45) is 5.41 Å². The van der Waals surface area contributed by atoms with Gasteiger partial charge >= 0.3 is 0 Å². The van der Waals surface area contributed by atoms with E-state index in [1.54, 1.807) is 25.3 Å². The van der Waals surface area contributed by atoms with E-state index >= 15 is 0 Å². The lowest BCUT2D eigenvalue weighted by Crippen LogP contribution is -2.14. The second-order valence-electron chi connectivity index (χ2n) is 5.01. The number of ether oxygens (including phenoxy) is 2. The molecule has 0 bridgehead atoms. The Morgan fingerprint density at radius 3 is 2.63 bits per heavy atom. The fraction of sp³-hybridized carbons (Fsp3) is 0.467. The molecule has 1 aromatic rings. The molecule has 0 atom stereocenters. The lowest BCUT2D eigenvalue weighted by atomic mass is 9.92. The molecule has 4 heteroatoms. The summed E-state index contributed by atoms with van der Waals surface area (Å²) >= 11 is 0. The van der Waals surface area contributed by atoms with Gasteiger partial charge in [-0.3, -0.25) is 4.79 Å². The Morgan fingerprint density at radius 1 is 1.42 bits per heavy atom. The van der Waals surface area contributed by atoms with Crippen LogP contribution in [0, 0.1) is 16.7 Å². The zero-order valence-electron chi connectivity index (χ0n) is 11.8. The van der Waals surface area contributed by atoms with Gasteiger partial charge in [-0.2, -0.15) is 5.26 Å². The molecule has 0 radical (unpaired) electrons. The molecule has 0 saturated heterocycles. The molecule has 0 aliphatic heterocycles. The fourth-order valence-electron chi connectivity index (χ4n) is 1.51. The first-order valence-electron chi connectivity index (χ1n) is 6.12. The number of hydrogen-bond acceptors (Lipinski definition) is 4. The average molecular weight is 261 g/mol. The van der Waals surface area contributed by atoms with Crippen molar-refractivity contribution in [3.05, 3.63) is 23.8 Å². The number of benzene rings is 1. The summed E-state index contributed by atoms with van der Waals surface area (Å²) in [7, 11) is 1.56. The number of hydrogen-bond donors (Lipinski definition) is 0. The molecule has 0 aromatic heterocycles. The summed E-state index contributed by atoms with van der Waals surface area (Å²) in [4.78, 5) is 11.5. The minimum absolute atomic E-state index is 0.0582. The fourth-order valence-corrected chi connectivity index (χ4v) is 1.51. The second kappa shape index (κ2) is 6.24. The van der Waals surface area contributed by atoms with Crippen molar-refractivity contribution in [1.82, 2.24) is 0 Å². The van der Waals surface area contributed by atoms with E-state index in [4.69, 9.17) is 14.7 Å². The van der Waals surface area contributed by atoms with Crippen LogP contribution in [0.5, 0.6) is 11.5 Å². The third kappa shape index (κ3) is 4.29. The number of carbonyl (C=O) groups excluding carboxylic acids is 1. The molecule has 19 heavy (non-hydrogen) atoms. The number of methoxy groups -OCH3 is 1. The molecule has 0 aliphatic rings. The predicted molar refractivity (Wildman–Crippen MR) is 72.5 cm³/mol. The average Bonchev–Trinajstić information content (AvgIpc) is 2.38. The minimum Gasteiger partial charge on any atom is -0.497 e. The largest absolute Gasteiger partial charge is 0.497 e. The van der Waals surface area contributed by atoms with Crippen LogP contribution in [-0.4, -0.2) is 19.5 Å². The summed E-state index contributed by atoms with van der Waals surface area (Å²) in [6, 6.07) is 7.32. The van der Waals surface area contributed by atoms with Crippen molar-refractivity contribution >= 4 is 5.78 Å². The van der Waals surface area contributed by atoms with Crippen molar-refractivity contribution in [2.75, 3.05) is 13.7 Å². The number of Topliss-reactive ketones (excluding diaryl/α,β-unsaturated/α-hetero) is 1. The Hall–Kier alpha value is -2.02. The normalized spacial score (nSPS) is 10.7. The van der Waals surface area contributed by atoms with Gasteiger partial charge in [0.05, 0.1) is 30.8 Å². The standard InChI is InChI=1S/C15H19NO3/c1-11(17)13-6-5-12(18-4)9-14(13)19-8-7-15(2,3)10-16/h5-6,9H,7-8H2,1-4H3. The quantitative estimate of drug-likeness (QED) is 0.738. The van der Waals surface area contributed by atoms with E-state index in [0.717, 1.165) is 0 Å². The van der Waals surface area contributed by atoms with Crippen LogP contribution < -0.4 is 9.47 Å². The Bertz CT molecular complexity index is 501. The van der Waals surface area contributed by atoms with Gasteiger partial charge in [0.15, 0.2) is 5.78 Å². The zero-order valence-corrected chi connectivity index (χ0v) is 11.8. The molecule has 4 nitrogen and oxygen atoms in total. The first-order chi connectivity index (χ1) is 8.89. The zero-order chi connectivity index (χ0) is 14.5. The van der Waals surface area contributed by atoms with Gasteiger partial charge in [-0.15, -0.1) is 0 Å². The summed E-state index contributed by atoms with van der Waals surface area (Å²) in [6.45, 7) is 5.59. The van der Waals surface area contributed by atoms with Crippen molar-refractivity contribution in [3.8, 4) is 17.6 Å². The van der Waals surface area contributed by atoms with Crippen molar-refractivity contribution in [3.63, 3.8) is 0 Å². The number of rotatable bonds is 6. The van der Waals surface area contributed by atoms with Crippen LogP contribution in [0.2, 0.25) is 0 Å². The maximum Gasteiger partial charge on any atom is 0.163 e. The molecule has 1 aromatic carbocycles. The second-order valence-corrected chi connectivity index (χ2v) is 5.01. The van der Waals surface area contributed by atoms with Crippen LogP contribution in [0.25, 0.3) is 0 Å². The van der Waals surface area contributed by atoms with Gasteiger partial charge in [-0.1, -0.05) is 0 Å². The van der Waals surface area contributed by atoms with Gasteiger partial charge in [-0.05, 0) is 39.3 Å². The molecule has 102 valence electrons. The Morgan fingerprint density at radius 2 is 2.11 bits per heavy atom. The van der Waals surface area contributed by atoms with Gasteiger partial charge in [-0.25, -0.2) is 0 Å². The first-order valence-corrected chi connectivity index (χ1v) is 6.12. The highest BCUT2D eigenvalue weighted by atomic mass is 16.5. The SMILES string of the molecule is COc1ccc(C(C)=O)c(OCCC(C)(C)C#N)c1. The summed E-state index contributed by atoms with van der Waals surface area (Å²) in [6.07, 6.45) is 0.595. The van der Waals surface area contributed by atoms with E-state index in [0.29, 0.717) is 30.1 Å². The molecule has 0 unspecified atom stereocenters. The van der Waals surface area contributed by atoms with Crippen molar-refractivity contribution < 1.29 is 14.3 Å². The smallest absolute Gasteiger partial charge is 0.163 e. The molecule has 0 heterocycles. The Balaban J connectivity index is 2.81. The lowest BCUT2D eigenvalue weighted by molar-refractivity contribution is 0.101. The molecule has 1 rings (SSSR count). The third-order valence-electron chi connectivity index (χ3n) is 2.86. The highest BCUT2D eigenvalue weighted by molar-refractivity contribution is 5.97. The van der Waals surface area contributed by atoms with E-state index in [2.05, 4.69) is 6.07 Å². The molecule has 0 N–H and O–H groups in total. The van der Waals surface area contributed by atoms with Gasteiger partial charge < -0.3 is 9.47 Å². The maximum atomic E-state index is 11.5. The molecular weight excluding hydrogens is 242 g/mol.